The number of oxazole rings is 1. The molecule has 154 valence electrons. The Hall–Kier alpha value is -3.38. The number of rotatable bonds is 8. The van der Waals surface area contributed by atoms with Gasteiger partial charge in [0.25, 0.3) is 0 Å². The number of nitrogens with zero attached hydrogens (tertiary/aromatic N) is 2. The third kappa shape index (κ3) is 4.00. The highest BCUT2D eigenvalue weighted by Gasteiger charge is 2.20. The summed E-state index contributed by atoms with van der Waals surface area (Å²) in [6, 6.07) is 17.8. The molecule has 0 aliphatic rings. The van der Waals surface area contributed by atoms with Crippen LogP contribution in [0.1, 0.15) is 23.9 Å². The molecule has 1 atom stereocenters. The number of aromatic nitrogens is 2. The average molecular weight is 404 g/mol. The highest BCUT2D eigenvalue weighted by atomic mass is 16.5. The molecule has 0 aliphatic heterocycles. The Morgan fingerprint density at radius 1 is 1.17 bits per heavy atom. The van der Waals surface area contributed by atoms with Crippen LogP contribution in [-0.2, 0) is 22.5 Å². The molecule has 1 N–H and O–H groups in total. The number of carboxylic acids is 1. The van der Waals surface area contributed by atoms with Crippen molar-refractivity contribution in [2.75, 3.05) is 6.61 Å². The molecule has 0 bridgehead atoms. The number of aliphatic carboxylic acids is 1. The Morgan fingerprint density at radius 2 is 1.97 bits per heavy atom. The zero-order valence-electron chi connectivity index (χ0n) is 17.0. The van der Waals surface area contributed by atoms with Crippen LogP contribution in [0.3, 0.4) is 0 Å². The van der Waals surface area contributed by atoms with Gasteiger partial charge in [-0.25, -0.2) is 9.78 Å². The maximum atomic E-state index is 11.5. The summed E-state index contributed by atoms with van der Waals surface area (Å²) in [6.45, 7) is 4.66. The van der Waals surface area contributed by atoms with Crippen molar-refractivity contribution in [2.24, 2.45) is 0 Å². The molecule has 30 heavy (non-hydrogen) atoms. The minimum Gasteiger partial charge on any atom is -0.479 e. The molecular weight excluding hydrogens is 380 g/mol. The lowest BCUT2D eigenvalue weighted by Gasteiger charge is -2.13. The fourth-order valence-corrected chi connectivity index (χ4v) is 3.66. The van der Waals surface area contributed by atoms with Gasteiger partial charge in [-0.2, -0.15) is 0 Å². The zero-order valence-corrected chi connectivity index (χ0v) is 17.0. The van der Waals surface area contributed by atoms with E-state index in [9.17, 15) is 9.90 Å². The monoisotopic (exact) mass is 404 g/mol. The normalized spacial score (nSPS) is 12.3. The quantitative estimate of drug-likeness (QED) is 0.461. The number of fused-ring (bicyclic) bond motifs is 1. The first-order valence-corrected chi connectivity index (χ1v) is 9.99. The lowest BCUT2D eigenvalue weighted by Crippen LogP contribution is -2.26. The molecule has 0 saturated carbocycles. The highest BCUT2D eigenvalue weighted by Crippen LogP contribution is 2.26. The molecule has 0 fully saturated rings. The third-order valence-electron chi connectivity index (χ3n) is 5.19. The van der Waals surface area contributed by atoms with Crippen LogP contribution in [0.2, 0.25) is 0 Å². The van der Waals surface area contributed by atoms with E-state index >= 15 is 0 Å². The molecule has 0 amide bonds. The van der Waals surface area contributed by atoms with Crippen molar-refractivity contribution in [3.63, 3.8) is 0 Å². The van der Waals surface area contributed by atoms with Crippen molar-refractivity contribution in [1.29, 1.82) is 0 Å². The summed E-state index contributed by atoms with van der Waals surface area (Å²) in [4.78, 5) is 16.2. The summed E-state index contributed by atoms with van der Waals surface area (Å²) in [5, 5.41) is 10.4. The van der Waals surface area contributed by atoms with Gasteiger partial charge in [-0.3, -0.25) is 0 Å². The largest absolute Gasteiger partial charge is 0.479 e. The van der Waals surface area contributed by atoms with Crippen LogP contribution in [0, 0.1) is 6.92 Å². The predicted molar refractivity (Wildman–Crippen MR) is 114 cm³/mol. The maximum Gasteiger partial charge on any atom is 0.333 e. The van der Waals surface area contributed by atoms with E-state index in [1.807, 2.05) is 67.7 Å². The minimum absolute atomic E-state index is 0.325. The van der Waals surface area contributed by atoms with Crippen molar-refractivity contribution in [1.82, 2.24) is 9.55 Å². The van der Waals surface area contributed by atoms with E-state index in [0.29, 0.717) is 25.5 Å². The number of hydrogen-bond donors (Lipinski definition) is 1. The van der Waals surface area contributed by atoms with E-state index in [1.165, 1.54) is 0 Å². The SMILES string of the molecule is CCO[C@@H](Cc1cccc2c1ccn2Cc1nc(-c2ccccc2)oc1C)C(=O)O. The van der Waals surface area contributed by atoms with Gasteiger partial charge < -0.3 is 18.8 Å². The molecule has 0 saturated heterocycles. The van der Waals surface area contributed by atoms with Crippen LogP contribution in [-0.4, -0.2) is 33.3 Å². The second kappa shape index (κ2) is 8.55. The van der Waals surface area contributed by atoms with Crippen LogP contribution in [0.5, 0.6) is 0 Å². The summed E-state index contributed by atoms with van der Waals surface area (Å²) in [6.07, 6.45) is 1.47. The Morgan fingerprint density at radius 3 is 2.70 bits per heavy atom. The van der Waals surface area contributed by atoms with Gasteiger partial charge >= 0.3 is 5.97 Å². The number of ether oxygens (including phenoxy) is 1. The molecule has 4 aromatic rings. The molecule has 0 radical (unpaired) electrons. The maximum absolute atomic E-state index is 11.5. The summed E-state index contributed by atoms with van der Waals surface area (Å²) in [5.41, 5.74) is 3.79. The molecule has 6 nitrogen and oxygen atoms in total. The number of carbonyl (C=O) groups is 1. The summed E-state index contributed by atoms with van der Waals surface area (Å²) in [5.74, 6) is 0.454. The fraction of sp³-hybridized carbons (Fsp3) is 0.250. The number of benzene rings is 2. The van der Waals surface area contributed by atoms with Gasteiger partial charge in [0.1, 0.15) is 11.5 Å². The standard InChI is InChI=1S/C24H24N2O4/c1-3-29-22(24(27)28)14-18-10-7-11-21-19(18)12-13-26(21)15-20-16(2)30-23(25-20)17-8-5-4-6-9-17/h4-13,22H,3,14-15H2,1-2H3,(H,27,28)/t22-/m0/s1. The second-order valence-electron chi connectivity index (χ2n) is 7.17. The number of aryl methyl sites for hydroxylation is 1. The Kier molecular flexibility index (Phi) is 5.68. The average Bonchev–Trinajstić information content (AvgIpc) is 3.33. The summed E-state index contributed by atoms with van der Waals surface area (Å²) in [7, 11) is 0. The van der Waals surface area contributed by atoms with Crippen molar-refractivity contribution in [2.45, 2.75) is 32.9 Å². The van der Waals surface area contributed by atoms with Gasteiger partial charge in [0, 0.05) is 35.7 Å². The smallest absolute Gasteiger partial charge is 0.333 e. The highest BCUT2D eigenvalue weighted by molar-refractivity contribution is 5.85. The Bertz CT molecular complexity index is 1160. The van der Waals surface area contributed by atoms with Crippen LogP contribution in [0.25, 0.3) is 22.4 Å². The predicted octanol–water partition coefficient (Wildman–Crippen LogP) is 4.69. The Labute approximate surface area is 174 Å². The lowest BCUT2D eigenvalue weighted by molar-refractivity contribution is -0.149. The first kappa shape index (κ1) is 19.9. The van der Waals surface area contributed by atoms with Crippen molar-refractivity contribution >= 4 is 16.9 Å². The first-order chi connectivity index (χ1) is 14.6. The van der Waals surface area contributed by atoms with Gasteiger partial charge in [0.05, 0.1) is 6.54 Å². The molecule has 0 unspecified atom stereocenters. The van der Waals surface area contributed by atoms with E-state index in [2.05, 4.69) is 4.57 Å². The van der Waals surface area contributed by atoms with Gasteiger partial charge in [-0.1, -0.05) is 30.3 Å². The van der Waals surface area contributed by atoms with E-state index in [-0.39, 0.29) is 0 Å². The van der Waals surface area contributed by atoms with Crippen LogP contribution < -0.4 is 0 Å². The number of hydrogen-bond acceptors (Lipinski definition) is 4. The fourth-order valence-electron chi connectivity index (χ4n) is 3.66. The third-order valence-corrected chi connectivity index (χ3v) is 5.19. The molecule has 0 spiro atoms. The summed E-state index contributed by atoms with van der Waals surface area (Å²) < 4.78 is 13.4. The molecule has 0 aliphatic carbocycles. The molecule has 2 aromatic carbocycles. The topological polar surface area (TPSA) is 77.5 Å². The molecule has 2 heterocycles. The Balaban J connectivity index is 1.62. The second-order valence-corrected chi connectivity index (χ2v) is 7.17. The minimum atomic E-state index is -0.944. The first-order valence-electron chi connectivity index (χ1n) is 9.99. The van der Waals surface area contributed by atoms with E-state index < -0.39 is 12.1 Å². The molecule has 6 heteroatoms. The van der Waals surface area contributed by atoms with E-state index in [4.69, 9.17) is 14.1 Å². The lowest BCUT2D eigenvalue weighted by atomic mass is 10.0. The molecular formula is C24H24N2O4. The van der Waals surface area contributed by atoms with Gasteiger partial charge in [-0.05, 0) is 43.7 Å². The van der Waals surface area contributed by atoms with Crippen molar-refractivity contribution < 1.29 is 19.1 Å². The molecule has 2 aromatic heterocycles. The number of carboxylic acid groups (broad SMARTS) is 1. The van der Waals surface area contributed by atoms with E-state index in [1.54, 1.807) is 6.92 Å². The van der Waals surface area contributed by atoms with E-state index in [0.717, 1.165) is 33.5 Å². The van der Waals surface area contributed by atoms with Gasteiger partial charge in [0.2, 0.25) is 5.89 Å². The summed E-state index contributed by atoms with van der Waals surface area (Å²) >= 11 is 0. The van der Waals surface area contributed by atoms with Crippen molar-refractivity contribution in [3.8, 4) is 11.5 Å². The zero-order chi connectivity index (χ0) is 21.1. The molecule has 4 rings (SSSR count). The van der Waals surface area contributed by atoms with Crippen LogP contribution in [0.15, 0.2) is 65.2 Å². The van der Waals surface area contributed by atoms with Gasteiger partial charge in [0.15, 0.2) is 6.10 Å². The van der Waals surface area contributed by atoms with Crippen LogP contribution >= 0.6 is 0 Å². The van der Waals surface area contributed by atoms with Gasteiger partial charge in [-0.15, -0.1) is 0 Å². The van der Waals surface area contributed by atoms with Crippen LogP contribution in [0.4, 0.5) is 0 Å². The van der Waals surface area contributed by atoms with Crippen molar-refractivity contribution in [3.05, 3.63) is 77.8 Å².